The van der Waals surface area contributed by atoms with Crippen LogP contribution in [0.4, 0.5) is 5.82 Å². The van der Waals surface area contributed by atoms with Gasteiger partial charge in [0.25, 0.3) is 5.91 Å². The standard InChI is InChI=1S/C12H16N4O3/c1-4-7-16(8-11(17)18)10-6-5-9(13-14-10)12(19)15(2)3/h4-6H,1,7-8H2,2-3H3,(H,17,18). The SMILES string of the molecule is C=CCN(CC(=O)O)c1ccc(C(=O)N(C)C)nn1. The molecule has 1 heterocycles. The molecule has 1 aromatic heterocycles. The Labute approximate surface area is 111 Å². The molecule has 0 bridgehead atoms. The number of amides is 1. The average molecular weight is 264 g/mol. The molecule has 1 N–H and O–H groups in total. The zero-order chi connectivity index (χ0) is 14.4. The van der Waals surface area contributed by atoms with Crippen LogP contribution in [0, 0.1) is 0 Å². The van der Waals surface area contributed by atoms with Crippen molar-refractivity contribution in [2.75, 3.05) is 32.1 Å². The van der Waals surface area contributed by atoms with Gasteiger partial charge >= 0.3 is 5.97 Å². The second-order valence-electron chi connectivity index (χ2n) is 4.04. The van der Waals surface area contributed by atoms with Gasteiger partial charge in [-0.1, -0.05) is 6.08 Å². The lowest BCUT2D eigenvalue weighted by Crippen LogP contribution is -2.31. The molecule has 0 aromatic carbocycles. The number of aliphatic carboxylic acids is 1. The molecule has 1 rings (SSSR count). The van der Waals surface area contributed by atoms with Gasteiger partial charge in [0.15, 0.2) is 11.5 Å². The number of carboxylic acids is 1. The Hall–Kier alpha value is -2.44. The summed E-state index contributed by atoms with van der Waals surface area (Å²) in [5, 5.41) is 16.5. The van der Waals surface area contributed by atoms with E-state index in [0.29, 0.717) is 12.4 Å². The molecule has 0 aliphatic carbocycles. The minimum atomic E-state index is -0.975. The first kappa shape index (κ1) is 14.6. The van der Waals surface area contributed by atoms with E-state index in [0.717, 1.165) is 0 Å². The van der Waals surface area contributed by atoms with Crippen molar-refractivity contribution in [2.24, 2.45) is 0 Å². The van der Waals surface area contributed by atoms with E-state index in [9.17, 15) is 9.59 Å². The number of hydrogen-bond acceptors (Lipinski definition) is 5. The van der Waals surface area contributed by atoms with Crippen molar-refractivity contribution in [3.05, 3.63) is 30.5 Å². The second kappa shape index (κ2) is 6.48. The summed E-state index contributed by atoms with van der Waals surface area (Å²) in [6.07, 6.45) is 1.57. The summed E-state index contributed by atoms with van der Waals surface area (Å²) in [6, 6.07) is 3.08. The normalized spacial score (nSPS) is 9.79. The number of carboxylic acid groups (broad SMARTS) is 1. The molecule has 102 valence electrons. The van der Waals surface area contributed by atoms with Gasteiger partial charge in [0.1, 0.15) is 6.54 Å². The molecule has 0 aliphatic rings. The Morgan fingerprint density at radius 2 is 2.05 bits per heavy atom. The van der Waals surface area contributed by atoms with Crippen LogP contribution in [0.5, 0.6) is 0 Å². The summed E-state index contributed by atoms with van der Waals surface area (Å²) in [5.74, 6) is -0.845. The minimum absolute atomic E-state index is 0.207. The molecule has 0 saturated carbocycles. The topological polar surface area (TPSA) is 86.6 Å². The molecule has 0 atom stereocenters. The number of anilines is 1. The Balaban J connectivity index is 2.91. The van der Waals surface area contributed by atoms with Gasteiger partial charge in [0.05, 0.1) is 0 Å². The molecule has 1 aromatic rings. The maximum atomic E-state index is 11.6. The highest BCUT2D eigenvalue weighted by Gasteiger charge is 2.14. The van der Waals surface area contributed by atoms with Gasteiger partial charge in [-0.15, -0.1) is 16.8 Å². The van der Waals surface area contributed by atoms with E-state index in [-0.39, 0.29) is 18.1 Å². The first-order valence-corrected chi connectivity index (χ1v) is 5.58. The third-order valence-electron chi connectivity index (χ3n) is 2.28. The third-order valence-corrected chi connectivity index (χ3v) is 2.28. The molecule has 7 nitrogen and oxygen atoms in total. The van der Waals surface area contributed by atoms with Gasteiger partial charge in [0.2, 0.25) is 0 Å². The molecule has 19 heavy (non-hydrogen) atoms. The van der Waals surface area contributed by atoms with Crippen molar-refractivity contribution in [2.45, 2.75) is 0 Å². The highest BCUT2D eigenvalue weighted by molar-refractivity contribution is 5.91. The first-order valence-electron chi connectivity index (χ1n) is 5.58. The fraction of sp³-hybridized carbons (Fsp3) is 0.333. The number of nitrogens with zero attached hydrogens (tertiary/aromatic N) is 4. The maximum Gasteiger partial charge on any atom is 0.323 e. The second-order valence-corrected chi connectivity index (χ2v) is 4.04. The van der Waals surface area contributed by atoms with Crippen LogP contribution >= 0.6 is 0 Å². The Morgan fingerprint density at radius 1 is 1.37 bits per heavy atom. The highest BCUT2D eigenvalue weighted by atomic mass is 16.4. The van der Waals surface area contributed by atoms with Crippen molar-refractivity contribution in [3.8, 4) is 0 Å². The number of carbonyl (C=O) groups excluding carboxylic acids is 1. The third kappa shape index (κ3) is 4.06. The molecular formula is C12H16N4O3. The van der Waals surface area contributed by atoms with Gasteiger partial charge < -0.3 is 14.9 Å². The summed E-state index contributed by atoms with van der Waals surface area (Å²) in [6.45, 7) is 3.69. The number of rotatable bonds is 6. The van der Waals surface area contributed by atoms with E-state index in [2.05, 4.69) is 16.8 Å². The maximum absolute atomic E-state index is 11.6. The van der Waals surface area contributed by atoms with Gasteiger partial charge in [-0.05, 0) is 12.1 Å². The lowest BCUT2D eigenvalue weighted by molar-refractivity contribution is -0.135. The van der Waals surface area contributed by atoms with Crippen LogP contribution in [0.3, 0.4) is 0 Å². The molecule has 0 radical (unpaired) electrons. The van der Waals surface area contributed by atoms with Gasteiger partial charge in [-0.25, -0.2) is 0 Å². The molecule has 0 fully saturated rings. The molecule has 0 saturated heterocycles. The van der Waals surface area contributed by atoms with E-state index in [1.807, 2.05) is 0 Å². The molecule has 1 amide bonds. The molecule has 0 unspecified atom stereocenters. The van der Waals surface area contributed by atoms with Crippen LogP contribution in [-0.2, 0) is 4.79 Å². The van der Waals surface area contributed by atoms with Crippen LogP contribution in [0.15, 0.2) is 24.8 Å². The number of aromatic nitrogens is 2. The lowest BCUT2D eigenvalue weighted by Gasteiger charge is -2.19. The van der Waals surface area contributed by atoms with E-state index in [1.165, 1.54) is 15.9 Å². The summed E-state index contributed by atoms with van der Waals surface area (Å²) in [5.41, 5.74) is 0.211. The summed E-state index contributed by atoms with van der Waals surface area (Å²) < 4.78 is 0. The summed E-state index contributed by atoms with van der Waals surface area (Å²) in [4.78, 5) is 25.2. The molecule has 7 heteroatoms. The van der Waals surface area contributed by atoms with Gasteiger partial charge in [-0.3, -0.25) is 9.59 Å². The summed E-state index contributed by atoms with van der Waals surface area (Å²) >= 11 is 0. The smallest absolute Gasteiger partial charge is 0.323 e. The van der Waals surface area contributed by atoms with Crippen LogP contribution in [0.2, 0.25) is 0 Å². The monoisotopic (exact) mass is 264 g/mol. The van der Waals surface area contributed by atoms with Crippen molar-refractivity contribution in [1.29, 1.82) is 0 Å². The molecular weight excluding hydrogens is 248 g/mol. The quantitative estimate of drug-likeness (QED) is 0.741. The van der Waals surface area contributed by atoms with E-state index >= 15 is 0 Å². The highest BCUT2D eigenvalue weighted by Crippen LogP contribution is 2.10. The number of hydrogen-bond donors (Lipinski definition) is 1. The van der Waals surface area contributed by atoms with Crippen LogP contribution in [-0.4, -0.2) is 59.3 Å². The van der Waals surface area contributed by atoms with Crippen molar-refractivity contribution < 1.29 is 14.7 Å². The summed E-state index contributed by atoms with van der Waals surface area (Å²) in [7, 11) is 3.23. The Morgan fingerprint density at radius 3 is 2.47 bits per heavy atom. The van der Waals surface area contributed by atoms with Crippen molar-refractivity contribution in [3.63, 3.8) is 0 Å². The van der Waals surface area contributed by atoms with Crippen LogP contribution < -0.4 is 4.90 Å². The van der Waals surface area contributed by atoms with Crippen molar-refractivity contribution in [1.82, 2.24) is 15.1 Å². The van der Waals surface area contributed by atoms with Crippen molar-refractivity contribution >= 4 is 17.7 Å². The van der Waals surface area contributed by atoms with Crippen LogP contribution in [0.1, 0.15) is 10.5 Å². The fourth-order valence-electron chi connectivity index (χ4n) is 1.40. The van der Waals surface area contributed by atoms with E-state index < -0.39 is 5.97 Å². The zero-order valence-corrected chi connectivity index (χ0v) is 10.9. The van der Waals surface area contributed by atoms with Gasteiger partial charge in [-0.2, -0.15) is 0 Å². The predicted octanol–water partition coefficient (Wildman–Crippen LogP) is 0.255. The van der Waals surface area contributed by atoms with Crippen LogP contribution in [0.25, 0.3) is 0 Å². The molecule has 0 aliphatic heterocycles. The fourth-order valence-corrected chi connectivity index (χ4v) is 1.40. The average Bonchev–Trinajstić information content (AvgIpc) is 2.37. The Bertz CT molecular complexity index is 470. The minimum Gasteiger partial charge on any atom is -0.480 e. The van der Waals surface area contributed by atoms with Gasteiger partial charge in [0, 0.05) is 20.6 Å². The Kier molecular flexibility index (Phi) is 4.99. The largest absolute Gasteiger partial charge is 0.480 e. The van der Waals surface area contributed by atoms with E-state index in [4.69, 9.17) is 5.11 Å². The lowest BCUT2D eigenvalue weighted by atomic mass is 10.3. The first-order chi connectivity index (χ1) is 8.95. The molecule has 0 spiro atoms. The predicted molar refractivity (Wildman–Crippen MR) is 70.1 cm³/mol. The number of carbonyl (C=O) groups is 2. The van der Waals surface area contributed by atoms with E-state index in [1.54, 1.807) is 26.2 Å². The zero-order valence-electron chi connectivity index (χ0n) is 10.9.